The Morgan fingerprint density at radius 1 is 1.10 bits per heavy atom. The molecule has 160 valence electrons. The number of fused-ring (bicyclic) bond motifs is 5. The molecule has 0 saturated heterocycles. The zero-order chi connectivity index (χ0) is 21.5. The minimum absolute atomic E-state index is 0.0501. The SMILES string of the molecule is Cc1nc2sc3c(c2c2nc(NCCC(C)C)n(-c4ccccc4)c(=O)c12)CCCC3. The third-order valence-corrected chi connectivity index (χ3v) is 7.31. The van der Waals surface area contributed by atoms with Gasteiger partial charge in [-0.15, -0.1) is 11.3 Å². The number of pyridine rings is 1. The van der Waals surface area contributed by atoms with Crippen LogP contribution in [-0.2, 0) is 12.8 Å². The van der Waals surface area contributed by atoms with Gasteiger partial charge in [0.2, 0.25) is 5.95 Å². The van der Waals surface area contributed by atoms with Gasteiger partial charge in [0.1, 0.15) is 4.83 Å². The second kappa shape index (κ2) is 8.08. The minimum Gasteiger partial charge on any atom is -0.355 e. The molecule has 0 radical (unpaired) electrons. The molecule has 1 aliphatic rings. The first-order chi connectivity index (χ1) is 15.0. The van der Waals surface area contributed by atoms with E-state index in [0.717, 1.165) is 52.9 Å². The first kappa shape index (κ1) is 20.2. The molecule has 1 N–H and O–H groups in total. The van der Waals surface area contributed by atoms with Crippen LogP contribution in [0.2, 0.25) is 0 Å². The highest BCUT2D eigenvalue weighted by molar-refractivity contribution is 7.19. The van der Waals surface area contributed by atoms with Gasteiger partial charge in [0, 0.05) is 16.8 Å². The van der Waals surface area contributed by atoms with Gasteiger partial charge < -0.3 is 5.32 Å². The summed E-state index contributed by atoms with van der Waals surface area (Å²) < 4.78 is 1.71. The van der Waals surface area contributed by atoms with Gasteiger partial charge in [-0.25, -0.2) is 14.5 Å². The highest BCUT2D eigenvalue weighted by atomic mass is 32.1. The van der Waals surface area contributed by atoms with Crippen molar-refractivity contribution < 1.29 is 0 Å². The van der Waals surface area contributed by atoms with Gasteiger partial charge in [-0.1, -0.05) is 32.0 Å². The number of para-hydroxylation sites is 1. The molecule has 1 aliphatic carbocycles. The molecule has 5 rings (SSSR count). The van der Waals surface area contributed by atoms with Gasteiger partial charge in [-0.05, 0) is 62.6 Å². The van der Waals surface area contributed by atoms with Gasteiger partial charge in [-0.3, -0.25) is 4.79 Å². The van der Waals surface area contributed by atoms with Crippen molar-refractivity contribution in [2.24, 2.45) is 5.92 Å². The van der Waals surface area contributed by atoms with Crippen LogP contribution in [0.25, 0.3) is 26.8 Å². The monoisotopic (exact) mass is 432 g/mol. The Balaban J connectivity index is 1.81. The fourth-order valence-electron chi connectivity index (χ4n) is 4.52. The number of hydrogen-bond donors (Lipinski definition) is 1. The summed E-state index contributed by atoms with van der Waals surface area (Å²) in [5.74, 6) is 1.19. The lowest BCUT2D eigenvalue weighted by Gasteiger charge is -2.17. The van der Waals surface area contributed by atoms with Crippen LogP contribution >= 0.6 is 11.3 Å². The summed E-state index contributed by atoms with van der Waals surface area (Å²) >= 11 is 1.78. The van der Waals surface area contributed by atoms with Gasteiger partial charge >= 0.3 is 0 Å². The molecule has 0 aliphatic heterocycles. The van der Waals surface area contributed by atoms with Crippen molar-refractivity contribution in [3.8, 4) is 5.69 Å². The third-order valence-electron chi connectivity index (χ3n) is 6.12. The molecule has 0 unspecified atom stereocenters. The van der Waals surface area contributed by atoms with Crippen molar-refractivity contribution in [3.63, 3.8) is 0 Å². The van der Waals surface area contributed by atoms with Gasteiger partial charge in [0.05, 0.1) is 22.3 Å². The molecule has 5 nitrogen and oxygen atoms in total. The van der Waals surface area contributed by atoms with Crippen LogP contribution in [0, 0.1) is 12.8 Å². The van der Waals surface area contributed by atoms with Crippen molar-refractivity contribution in [3.05, 3.63) is 56.8 Å². The Kier molecular flexibility index (Phi) is 5.26. The number of aromatic nitrogens is 3. The van der Waals surface area contributed by atoms with Crippen LogP contribution in [0.5, 0.6) is 0 Å². The number of hydrogen-bond acceptors (Lipinski definition) is 5. The second-order valence-corrected chi connectivity index (χ2v) is 9.92. The van der Waals surface area contributed by atoms with Crippen molar-refractivity contribution >= 4 is 38.4 Å². The van der Waals surface area contributed by atoms with Crippen LogP contribution in [0.3, 0.4) is 0 Å². The summed E-state index contributed by atoms with van der Waals surface area (Å²) in [4.78, 5) is 26.3. The van der Waals surface area contributed by atoms with Gasteiger partial charge in [0.15, 0.2) is 0 Å². The quantitative estimate of drug-likeness (QED) is 0.443. The number of nitrogens with zero attached hydrogens (tertiary/aromatic N) is 3. The topological polar surface area (TPSA) is 59.8 Å². The predicted molar refractivity (Wildman–Crippen MR) is 130 cm³/mol. The average Bonchev–Trinajstić information content (AvgIpc) is 3.12. The molecule has 0 fully saturated rings. The smallest absolute Gasteiger partial charge is 0.269 e. The largest absolute Gasteiger partial charge is 0.355 e. The van der Waals surface area contributed by atoms with Crippen LogP contribution in [-0.4, -0.2) is 21.1 Å². The van der Waals surface area contributed by atoms with Gasteiger partial charge in [-0.2, -0.15) is 0 Å². The van der Waals surface area contributed by atoms with Crippen LogP contribution in [0.4, 0.5) is 5.95 Å². The third kappa shape index (κ3) is 3.53. The Hall–Kier alpha value is -2.73. The number of aryl methyl sites for hydroxylation is 3. The molecular weight excluding hydrogens is 404 g/mol. The highest BCUT2D eigenvalue weighted by Gasteiger charge is 2.23. The maximum absolute atomic E-state index is 13.8. The Bertz CT molecular complexity index is 1320. The maximum atomic E-state index is 13.8. The fraction of sp³-hybridized carbons (Fsp3) is 0.400. The molecule has 6 heteroatoms. The van der Waals surface area contributed by atoms with E-state index in [1.807, 2.05) is 37.3 Å². The molecule has 0 bridgehead atoms. The summed E-state index contributed by atoms with van der Waals surface area (Å²) in [5, 5.41) is 5.20. The van der Waals surface area contributed by atoms with E-state index in [-0.39, 0.29) is 5.56 Å². The number of thiophene rings is 1. The molecule has 4 aromatic rings. The van der Waals surface area contributed by atoms with E-state index in [1.54, 1.807) is 15.9 Å². The van der Waals surface area contributed by atoms with Crippen LogP contribution < -0.4 is 10.9 Å². The van der Waals surface area contributed by atoms with Gasteiger partial charge in [0.25, 0.3) is 5.56 Å². The average molecular weight is 433 g/mol. The van der Waals surface area contributed by atoms with Crippen molar-refractivity contribution in [1.82, 2.24) is 14.5 Å². The predicted octanol–water partition coefficient (Wildman–Crippen LogP) is 5.64. The number of anilines is 1. The fourth-order valence-corrected chi connectivity index (χ4v) is 5.83. The zero-order valence-corrected chi connectivity index (χ0v) is 19.2. The molecule has 3 aromatic heterocycles. The molecule has 0 saturated carbocycles. The molecule has 0 amide bonds. The van der Waals surface area contributed by atoms with Crippen LogP contribution in [0.1, 0.15) is 49.2 Å². The first-order valence-corrected chi connectivity index (χ1v) is 12.0. The lowest BCUT2D eigenvalue weighted by atomic mass is 9.96. The molecule has 3 heterocycles. The summed E-state index contributed by atoms with van der Waals surface area (Å²) in [6.45, 7) is 7.12. The van der Waals surface area contributed by atoms with E-state index in [4.69, 9.17) is 9.97 Å². The summed E-state index contributed by atoms with van der Waals surface area (Å²) in [6, 6.07) is 9.77. The van der Waals surface area contributed by atoms with Crippen molar-refractivity contribution in [1.29, 1.82) is 0 Å². The lowest BCUT2D eigenvalue weighted by molar-refractivity contribution is 0.605. The molecule has 0 atom stereocenters. The highest BCUT2D eigenvalue weighted by Crippen LogP contribution is 2.39. The van der Waals surface area contributed by atoms with Crippen molar-refractivity contribution in [2.75, 3.05) is 11.9 Å². The summed E-state index contributed by atoms with van der Waals surface area (Å²) in [6.07, 6.45) is 5.59. The Morgan fingerprint density at radius 3 is 2.65 bits per heavy atom. The van der Waals surface area contributed by atoms with Crippen LogP contribution in [0.15, 0.2) is 35.1 Å². The molecule has 0 spiro atoms. The maximum Gasteiger partial charge on any atom is 0.269 e. The second-order valence-electron chi connectivity index (χ2n) is 8.83. The first-order valence-electron chi connectivity index (χ1n) is 11.2. The number of nitrogens with one attached hydrogen (secondary N) is 1. The summed E-state index contributed by atoms with van der Waals surface area (Å²) in [5.41, 5.74) is 3.70. The van der Waals surface area contributed by atoms with E-state index in [2.05, 4.69) is 19.2 Å². The molecule has 1 aromatic carbocycles. The van der Waals surface area contributed by atoms with E-state index >= 15 is 0 Å². The minimum atomic E-state index is -0.0501. The molecular formula is C25H28N4OS. The standard InChI is InChI=1S/C25H28N4OS/c1-15(2)13-14-26-25-28-22-20(24(30)29(25)17-9-5-4-6-10-17)16(3)27-23-21(22)18-11-7-8-12-19(18)31-23/h4-6,9-10,15H,7-8,11-14H2,1-3H3,(H,26,28). The van der Waals surface area contributed by atoms with E-state index < -0.39 is 0 Å². The Labute approximate surface area is 186 Å². The number of rotatable bonds is 5. The zero-order valence-electron chi connectivity index (χ0n) is 18.4. The van der Waals surface area contributed by atoms with E-state index in [0.29, 0.717) is 17.3 Å². The lowest BCUT2D eigenvalue weighted by Crippen LogP contribution is -2.25. The molecule has 31 heavy (non-hydrogen) atoms. The van der Waals surface area contributed by atoms with E-state index in [9.17, 15) is 4.79 Å². The van der Waals surface area contributed by atoms with E-state index in [1.165, 1.54) is 23.3 Å². The summed E-state index contributed by atoms with van der Waals surface area (Å²) in [7, 11) is 0. The van der Waals surface area contributed by atoms with Crippen molar-refractivity contribution in [2.45, 2.75) is 52.9 Å². The number of benzene rings is 1. The Morgan fingerprint density at radius 2 is 1.87 bits per heavy atom. The normalized spacial score (nSPS) is 13.8.